The highest BCUT2D eigenvalue weighted by Crippen LogP contribution is 2.59. The molecule has 0 aromatic heterocycles. The smallest absolute Gasteiger partial charge is 0.00296 e. The molecular formula is C34H50P2. The van der Waals surface area contributed by atoms with Gasteiger partial charge in [0.2, 0.25) is 0 Å². The highest BCUT2D eigenvalue weighted by atomic mass is 31.1. The van der Waals surface area contributed by atoms with Gasteiger partial charge < -0.3 is 0 Å². The molecule has 4 aliphatic carbocycles. The lowest BCUT2D eigenvalue weighted by Crippen LogP contribution is -2.30. The van der Waals surface area contributed by atoms with Gasteiger partial charge in [0, 0.05) is 0 Å². The fraction of sp³-hybridized carbons (Fsp3) is 0.706. The van der Waals surface area contributed by atoms with Crippen LogP contribution in [-0.4, -0.2) is 22.6 Å². The highest BCUT2D eigenvalue weighted by molar-refractivity contribution is 7.69. The molecule has 0 N–H and O–H groups in total. The molecule has 0 bridgehead atoms. The predicted molar refractivity (Wildman–Crippen MR) is 165 cm³/mol. The Kier molecular flexibility index (Phi) is 9.04. The zero-order valence-corrected chi connectivity index (χ0v) is 24.6. The Morgan fingerprint density at radius 3 is 1.00 bits per heavy atom. The minimum Gasteiger partial charge on any atom is -0.0683 e. The van der Waals surface area contributed by atoms with Gasteiger partial charge in [0.1, 0.15) is 0 Å². The third kappa shape index (κ3) is 5.62. The Hall–Kier alpha value is -0.440. The van der Waals surface area contributed by atoms with Gasteiger partial charge in [-0.1, -0.05) is 129 Å². The largest absolute Gasteiger partial charge is 0.0683 e. The number of rotatable bonds is 6. The molecule has 2 aromatic rings. The van der Waals surface area contributed by atoms with Crippen molar-refractivity contribution in [3.63, 3.8) is 0 Å². The average molecular weight is 521 g/mol. The van der Waals surface area contributed by atoms with Gasteiger partial charge in [-0.2, -0.15) is 0 Å². The maximum Gasteiger partial charge on any atom is -0.00296 e. The van der Waals surface area contributed by atoms with Crippen molar-refractivity contribution in [1.82, 2.24) is 0 Å². The van der Waals surface area contributed by atoms with Crippen molar-refractivity contribution in [2.45, 2.75) is 151 Å². The van der Waals surface area contributed by atoms with E-state index >= 15 is 0 Å². The third-order valence-electron chi connectivity index (χ3n) is 10.3. The highest BCUT2D eigenvalue weighted by Gasteiger charge is 2.37. The number of benzene rings is 2. The molecule has 0 heterocycles. The summed E-state index contributed by atoms with van der Waals surface area (Å²) in [5, 5.41) is 7.12. The second-order valence-electron chi connectivity index (χ2n) is 12.6. The van der Waals surface area contributed by atoms with Crippen LogP contribution in [0.1, 0.15) is 128 Å². The third-order valence-corrected chi connectivity index (χ3v) is 17.4. The van der Waals surface area contributed by atoms with E-state index in [4.69, 9.17) is 0 Å². The molecule has 2 aromatic carbocycles. The van der Waals surface area contributed by atoms with Crippen LogP contribution in [0.3, 0.4) is 0 Å². The lowest BCUT2D eigenvalue weighted by atomic mass is 9.99. The summed E-state index contributed by atoms with van der Waals surface area (Å²) in [5.41, 5.74) is 3.97. The van der Waals surface area contributed by atoms with E-state index in [0.29, 0.717) is 0 Å². The molecule has 2 heteroatoms. The van der Waals surface area contributed by atoms with E-state index in [1.54, 1.807) is 10.8 Å². The quantitative estimate of drug-likeness (QED) is 0.332. The van der Waals surface area contributed by atoms with Crippen molar-refractivity contribution < 1.29 is 0 Å². The first-order valence-electron chi connectivity index (χ1n) is 16.0. The lowest BCUT2D eigenvalue weighted by Gasteiger charge is -2.41. The summed E-state index contributed by atoms with van der Waals surface area (Å²) in [6.07, 6.45) is 30.0. The van der Waals surface area contributed by atoms with Crippen LogP contribution in [0.15, 0.2) is 36.4 Å². The van der Waals surface area contributed by atoms with Crippen LogP contribution in [0.2, 0.25) is 0 Å². The van der Waals surface area contributed by atoms with E-state index in [9.17, 15) is 0 Å². The van der Waals surface area contributed by atoms with E-state index in [-0.39, 0.29) is 15.8 Å². The van der Waals surface area contributed by atoms with E-state index in [1.807, 2.05) is 10.6 Å². The molecule has 4 saturated carbocycles. The lowest BCUT2D eigenvalue weighted by molar-refractivity contribution is 0.487. The van der Waals surface area contributed by atoms with Gasteiger partial charge >= 0.3 is 0 Å². The molecule has 36 heavy (non-hydrogen) atoms. The van der Waals surface area contributed by atoms with Crippen molar-refractivity contribution in [2.24, 2.45) is 0 Å². The molecule has 0 saturated heterocycles. The Labute approximate surface area is 224 Å². The standard InChI is InChI=1S/C34H50P2/c1-5-17-28(18-6-1)35(29-19-7-2-8-20-29)32-25-13-15-27-16-14-26-33(34(27)32)36(30-21-9-3-10-22-30)31-23-11-4-12-24-31/h13-16,25-26,28-31H,1-12,17-24H2. The summed E-state index contributed by atoms with van der Waals surface area (Å²) in [4.78, 5) is 0. The Morgan fingerprint density at radius 1 is 0.389 bits per heavy atom. The normalized spacial score (nSPS) is 24.2. The van der Waals surface area contributed by atoms with Crippen LogP contribution in [0.5, 0.6) is 0 Å². The van der Waals surface area contributed by atoms with Gasteiger partial charge in [-0.3, -0.25) is 0 Å². The first-order valence-corrected chi connectivity index (χ1v) is 18.9. The minimum absolute atomic E-state index is 0.0574. The average Bonchev–Trinajstić information content (AvgIpc) is 2.96. The fourth-order valence-corrected chi connectivity index (χ4v) is 16.6. The zero-order valence-electron chi connectivity index (χ0n) is 22.8. The van der Waals surface area contributed by atoms with Crippen LogP contribution in [-0.2, 0) is 0 Å². The van der Waals surface area contributed by atoms with Gasteiger partial charge in [-0.25, -0.2) is 0 Å². The first-order chi connectivity index (χ1) is 17.9. The summed E-state index contributed by atoms with van der Waals surface area (Å²) < 4.78 is 0. The van der Waals surface area contributed by atoms with Crippen molar-refractivity contribution >= 4 is 37.2 Å². The topological polar surface area (TPSA) is 0 Å². The minimum atomic E-state index is -0.0574. The zero-order chi connectivity index (χ0) is 24.2. The van der Waals surface area contributed by atoms with Crippen LogP contribution in [0.25, 0.3) is 10.8 Å². The monoisotopic (exact) mass is 520 g/mol. The molecular weight excluding hydrogens is 470 g/mol. The summed E-state index contributed by atoms with van der Waals surface area (Å²) in [5.74, 6) is 0. The summed E-state index contributed by atoms with van der Waals surface area (Å²) in [7, 11) is -0.115. The van der Waals surface area contributed by atoms with Crippen molar-refractivity contribution in [3.05, 3.63) is 36.4 Å². The van der Waals surface area contributed by atoms with Gasteiger partial charge in [-0.05, 0) is 95.4 Å². The van der Waals surface area contributed by atoms with Gasteiger partial charge in [0.25, 0.3) is 0 Å². The molecule has 0 radical (unpaired) electrons. The molecule has 0 spiro atoms. The molecule has 0 atom stereocenters. The summed E-state index contributed by atoms with van der Waals surface area (Å²) >= 11 is 0. The van der Waals surface area contributed by atoms with Crippen LogP contribution >= 0.6 is 15.8 Å². The van der Waals surface area contributed by atoms with Crippen LogP contribution < -0.4 is 10.6 Å². The van der Waals surface area contributed by atoms with Crippen molar-refractivity contribution in [2.75, 3.05) is 0 Å². The van der Waals surface area contributed by atoms with Crippen molar-refractivity contribution in [3.8, 4) is 0 Å². The SMILES string of the molecule is c1cc(P(C2CCCCC2)C2CCCCC2)c2c(P(C3CCCCC3)C3CCCCC3)cccc2c1. The molecule has 0 aliphatic heterocycles. The second kappa shape index (κ2) is 12.6. The number of hydrogen-bond donors (Lipinski definition) is 0. The second-order valence-corrected chi connectivity index (χ2v) is 18.1. The van der Waals surface area contributed by atoms with Gasteiger partial charge in [0.15, 0.2) is 0 Å². The molecule has 0 amide bonds. The first kappa shape index (κ1) is 25.8. The molecule has 6 rings (SSSR count). The van der Waals surface area contributed by atoms with Crippen LogP contribution in [0.4, 0.5) is 0 Å². The Bertz CT molecular complexity index is 848. The summed E-state index contributed by atoms with van der Waals surface area (Å²) in [6, 6.07) is 15.2. The number of hydrogen-bond acceptors (Lipinski definition) is 0. The molecule has 0 nitrogen and oxygen atoms in total. The van der Waals surface area contributed by atoms with E-state index < -0.39 is 0 Å². The molecule has 4 fully saturated rings. The fourth-order valence-electron chi connectivity index (χ4n) is 8.55. The maximum atomic E-state index is 2.66. The van der Waals surface area contributed by atoms with Gasteiger partial charge in [0.05, 0.1) is 0 Å². The Morgan fingerprint density at radius 2 is 0.694 bits per heavy atom. The molecule has 4 aliphatic rings. The van der Waals surface area contributed by atoms with Crippen molar-refractivity contribution in [1.29, 1.82) is 0 Å². The van der Waals surface area contributed by atoms with E-state index in [0.717, 1.165) is 22.6 Å². The summed E-state index contributed by atoms with van der Waals surface area (Å²) in [6.45, 7) is 0. The van der Waals surface area contributed by atoms with E-state index in [1.165, 1.54) is 128 Å². The number of fused-ring (bicyclic) bond motifs is 1. The van der Waals surface area contributed by atoms with Crippen LogP contribution in [0, 0.1) is 0 Å². The Balaban J connectivity index is 1.47. The molecule has 196 valence electrons. The molecule has 0 unspecified atom stereocenters. The van der Waals surface area contributed by atoms with E-state index in [2.05, 4.69) is 36.4 Å². The predicted octanol–water partition coefficient (Wildman–Crippen LogP) is 10.4. The maximum absolute atomic E-state index is 2.66. The van der Waals surface area contributed by atoms with Gasteiger partial charge in [-0.15, -0.1) is 0 Å².